The lowest BCUT2D eigenvalue weighted by atomic mass is 10.2. The molecule has 0 aromatic heterocycles. The molecule has 1 heterocycles. The summed E-state index contributed by atoms with van der Waals surface area (Å²) in [5, 5.41) is -0.346. The van der Waals surface area contributed by atoms with Crippen LogP contribution in [-0.4, -0.2) is 46.4 Å². The van der Waals surface area contributed by atoms with E-state index in [2.05, 4.69) is 4.99 Å². The van der Waals surface area contributed by atoms with Gasteiger partial charge in [-0.25, -0.2) is 9.38 Å². The summed E-state index contributed by atoms with van der Waals surface area (Å²) in [7, 11) is 0. The molecule has 26 heavy (non-hydrogen) atoms. The fourth-order valence-corrected chi connectivity index (χ4v) is 3.66. The van der Waals surface area contributed by atoms with Gasteiger partial charge in [-0.3, -0.25) is 9.69 Å². The highest BCUT2D eigenvalue weighted by Gasteiger charge is 2.39. The highest BCUT2D eigenvalue weighted by atomic mass is 32.2. The van der Waals surface area contributed by atoms with Crippen molar-refractivity contribution in [3.8, 4) is 0 Å². The van der Waals surface area contributed by atoms with Crippen LogP contribution in [0.3, 0.4) is 0 Å². The Morgan fingerprint density at radius 3 is 2.42 bits per heavy atom. The molecule has 1 aliphatic heterocycles. The first-order valence-corrected chi connectivity index (χ1v) is 8.91. The monoisotopic (exact) mass is 420 g/mol. The topological polar surface area (TPSA) is 32.7 Å². The fraction of sp³-hybridized carbons (Fsp3) is 0.429. The van der Waals surface area contributed by atoms with Crippen LogP contribution in [0.5, 0.6) is 0 Å². The number of carbonyl (C=O) groups is 1. The number of amides is 1. The highest BCUT2D eigenvalue weighted by molar-refractivity contribution is 8.15. The molecule has 2 rings (SSSR count). The third-order valence-corrected chi connectivity index (χ3v) is 5.23. The maximum absolute atomic E-state index is 14.0. The Kier molecular flexibility index (Phi) is 6.16. The Morgan fingerprint density at radius 1 is 1.19 bits per heavy atom. The maximum Gasteiger partial charge on any atom is 0.406 e. The molecule has 0 atom stereocenters. The summed E-state index contributed by atoms with van der Waals surface area (Å²) in [5.41, 5.74) is -0.187. The van der Waals surface area contributed by atoms with Gasteiger partial charge in [0.05, 0.1) is 11.5 Å². The van der Waals surface area contributed by atoms with Crippen LogP contribution in [0.15, 0.2) is 22.0 Å². The predicted octanol–water partition coefficient (Wildman–Crippen LogP) is 4.91. The fourth-order valence-electron chi connectivity index (χ4n) is 1.96. The van der Waals surface area contributed by atoms with Gasteiger partial charge in [-0.15, -0.1) is 11.8 Å². The number of halogens is 7. The van der Waals surface area contributed by atoms with Crippen molar-refractivity contribution in [1.29, 1.82) is 0 Å². The largest absolute Gasteiger partial charge is 0.406 e. The number of rotatable bonds is 4. The van der Waals surface area contributed by atoms with Crippen LogP contribution < -0.4 is 0 Å². The van der Waals surface area contributed by atoms with Gasteiger partial charge >= 0.3 is 12.4 Å². The van der Waals surface area contributed by atoms with Crippen LogP contribution >= 0.6 is 23.5 Å². The second kappa shape index (κ2) is 7.67. The quantitative estimate of drug-likeness (QED) is 0.512. The van der Waals surface area contributed by atoms with Crippen LogP contribution in [0, 0.1) is 12.7 Å². The first-order valence-electron chi connectivity index (χ1n) is 6.94. The molecular weight excluding hydrogens is 409 g/mol. The van der Waals surface area contributed by atoms with E-state index in [0.29, 0.717) is 28.4 Å². The summed E-state index contributed by atoms with van der Waals surface area (Å²) in [6.07, 6.45) is -9.10. The number of nitrogens with zero attached hydrogens (tertiary/aromatic N) is 2. The summed E-state index contributed by atoms with van der Waals surface area (Å²) >= 11 is 1.12. The normalized spacial score (nSPS) is 17.5. The average molecular weight is 420 g/mol. The number of benzene rings is 1. The Hall–Kier alpha value is -1.43. The van der Waals surface area contributed by atoms with Crippen molar-refractivity contribution >= 4 is 40.3 Å². The molecular formula is C14H11F7N2OS2. The zero-order valence-corrected chi connectivity index (χ0v) is 14.7. The lowest BCUT2D eigenvalue weighted by molar-refractivity contribution is -0.150. The standard InChI is InChI=1S/C14H11F7N2OS2/c1-7-2-8(15)9(3-10(7)26-6-14(19,20)21)22-12-23(5-13(16,17)18)11(24)4-25-12/h2-3H,4-6H2,1H3/b22-12+. The Labute approximate surface area is 152 Å². The van der Waals surface area contributed by atoms with Crippen molar-refractivity contribution in [3.05, 3.63) is 23.5 Å². The van der Waals surface area contributed by atoms with Crippen molar-refractivity contribution in [1.82, 2.24) is 4.90 Å². The molecule has 0 bridgehead atoms. The van der Waals surface area contributed by atoms with E-state index in [1.54, 1.807) is 0 Å². The van der Waals surface area contributed by atoms with Gasteiger partial charge < -0.3 is 0 Å². The van der Waals surface area contributed by atoms with Crippen LogP contribution in [-0.2, 0) is 4.79 Å². The first-order chi connectivity index (χ1) is 11.9. The van der Waals surface area contributed by atoms with E-state index < -0.39 is 42.1 Å². The molecule has 1 saturated heterocycles. The van der Waals surface area contributed by atoms with E-state index in [0.717, 1.165) is 12.1 Å². The number of thioether (sulfide) groups is 2. The summed E-state index contributed by atoms with van der Waals surface area (Å²) in [6.45, 7) is -0.163. The summed E-state index contributed by atoms with van der Waals surface area (Å²) in [5.74, 6) is -3.22. The molecule has 12 heteroatoms. The number of alkyl halides is 6. The molecule has 0 N–H and O–H groups in total. The van der Waals surface area contributed by atoms with Gasteiger partial charge in [0.25, 0.3) is 0 Å². The lowest BCUT2D eigenvalue weighted by Gasteiger charge is -2.18. The average Bonchev–Trinajstić information content (AvgIpc) is 2.79. The van der Waals surface area contributed by atoms with E-state index in [1.807, 2.05) is 0 Å². The molecule has 0 spiro atoms. The van der Waals surface area contributed by atoms with Gasteiger partial charge in [-0.1, -0.05) is 11.8 Å². The van der Waals surface area contributed by atoms with E-state index in [9.17, 15) is 35.5 Å². The molecule has 1 aromatic rings. The van der Waals surface area contributed by atoms with Gasteiger partial charge in [0, 0.05) is 4.90 Å². The third kappa shape index (κ3) is 5.79. The Morgan fingerprint density at radius 2 is 1.85 bits per heavy atom. The van der Waals surface area contributed by atoms with Gasteiger partial charge in [0.15, 0.2) is 5.17 Å². The third-order valence-electron chi connectivity index (χ3n) is 3.05. The Balaban J connectivity index is 2.32. The van der Waals surface area contributed by atoms with Gasteiger partial charge in [0.1, 0.15) is 18.0 Å². The first kappa shape index (κ1) is 20.9. The van der Waals surface area contributed by atoms with Crippen molar-refractivity contribution in [2.45, 2.75) is 24.2 Å². The SMILES string of the molecule is Cc1cc(F)c(/N=C2/SCC(=O)N2CC(F)(F)F)cc1SCC(F)(F)F. The maximum atomic E-state index is 14.0. The molecule has 0 unspecified atom stereocenters. The van der Waals surface area contributed by atoms with Crippen LogP contribution in [0.25, 0.3) is 0 Å². The Bertz CT molecular complexity index is 731. The number of amidine groups is 1. The minimum Gasteiger partial charge on any atom is -0.281 e. The van der Waals surface area contributed by atoms with Crippen molar-refractivity contribution in [2.24, 2.45) is 4.99 Å². The molecule has 3 nitrogen and oxygen atoms in total. The van der Waals surface area contributed by atoms with Gasteiger partial charge in [-0.2, -0.15) is 26.3 Å². The van der Waals surface area contributed by atoms with E-state index >= 15 is 0 Å². The van der Waals surface area contributed by atoms with E-state index in [1.165, 1.54) is 6.92 Å². The van der Waals surface area contributed by atoms with Crippen LogP contribution in [0.1, 0.15) is 5.56 Å². The number of carbonyl (C=O) groups excluding carboxylic acids is 1. The number of aliphatic imine (C=N–C) groups is 1. The number of aryl methyl sites for hydroxylation is 1. The molecule has 0 aliphatic carbocycles. The molecule has 1 aromatic carbocycles. The number of hydrogen-bond donors (Lipinski definition) is 0. The highest BCUT2D eigenvalue weighted by Crippen LogP contribution is 2.35. The molecule has 0 saturated carbocycles. The minimum absolute atomic E-state index is 0.0970. The second-order valence-corrected chi connectivity index (χ2v) is 7.21. The van der Waals surface area contributed by atoms with E-state index in [4.69, 9.17) is 0 Å². The molecule has 1 fully saturated rings. The predicted molar refractivity (Wildman–Crippen MR) is 85.2 cm³/mol. The van der Waals surface area contributed by atoms with Crippen molar-refractivity contribution in [2.75, 3.05) is 18.1 Å². The zero-order chi connectivity index (χ0) is 19.7. The summed E-state index contributed by atoms with van der Waals surface area (Å²) in [6, 6.07) is 1.98. The lowest BCUT2D eigenvalue weighted by Crippen LogP contribution is -2.38. The van der Waals surface area contributed by atoms with Crippen molar-refractivity contribution in [3.63, 3.8) is 0 Å². The van der Waals surface area contributed by atoms with Crippen molar-refractivity contribution < 1.29 is 35.5 Å². The zero-order valence-electron chi connectivity index (χ0n) is 13.0. The van der Waals surface area contributed by atoms with E-state index in [-0.39, 0.29) is 21.4 Å². The number of hydrogen-bond acceptors (Lipinski definition) is 4. The molecule has 0 radical (unpaired) electrons. The van der Waals surface area contributed by atoms with Gasteiger partial charge in [-0.05, 0) is 24.6 Å². The van der Waals surface area contributed by atoms with Crippen LogP contribution in [0.4, 0.5) is 36.4 Å². The summed E-state index contributed by atoms with van der Waals surface area (Å²) < 4.78 is 88.8. The smallest absolute Gasteiger partial charge is 0.281 e. The minimum atomic E-state index is -4.67. The molecule has 1 aliphatic rings. The summed E-state index contributed by atoms with van der Waals surface area (Å²) in [4.78, 5) is 15.8. The van der Waals surface area contributed by atoms with Crippen LogP contribution in [0.2, 0.25) is 0 Å². The van der Waals surface area contributed by atoms with Gasteiger partial charge in [0.2, 0.25) is 5.91 Å². The molecule has 144 valence electrons. The second-order valence-electron chi connectivity index (χ2n) is 5.25. The molecule has 1 amide bonds.